The maximum atomic E-state index is 13.8. The van der Waals surface area contributed by atoms with Crippen LogP contribution in [-0.4, -0.2) is 157 Å². The normalized spacial score (nSPS) is 29.6. The molecule has 3 aliphatic heterocycles. The third-order valence-electron chi connectivity index (χ3n) is 12.2. The van der Waals surface area contributed by atoms with Crippen LogP contribution in [0.5, 0.6) is 0 Å². The second-order valence-electron chi connectivity index (χ2n) is 17.8. The van der Waals surface area contributed by atoms with Gasteiger partial charge >= 0.3 is 5.65 Å². The van der Waals surface area contributed by atoms with Gasteiger partial charge in [0.15, 0.2) is 41.4 Å². The Morgan fingerprint density at radius 1 is 0.747 bits per heavy atom. The minimum Gasteiger partial charge on any atom is -0.756 e. The number of nitrogen functional groups attached to an aromatic ring is 3. The van der Waals surface area contributed by atoms with E-state index in [1.165, 1.54) is 37.9 Å². The largest absolute Gasteiger partial charge is 0.756 e. The molecule has 434 valence electrons. The van der Waals surface area contributed by atoms with Crippen molar-refractivity contribution < 1.29 is 103 Å². The number of nitrogens with one attached hydrogen (secondary N) is 2. The number of imidazole rings is 3. The molecule has 3 aliphatic rings. The molecule has 6 aromatic heterocycles. The van der Waals surface area contributed by atoms with Crippen molar-refractivity contribution in [3.05, 3.63) is 46.0 Å². The van der Waals surface area contributed by atoms with Crippen molar-refractivity contribution in [2.24, 2.45) is 7.05 Å². The van der Waals surface area contributed by atoms with Crippen LogP contribution in [0.25, 0.3) is 33.5 Å². The van der Waals surface area contributed by atoms with Crippen LogP contribution in [0.4, 0.5) is 17.7 Å². The molecule has 6 aromatic rings. The first kappa shape index (κ1) is 58.9. The molecule has 43 heteroatoms. The number of nitrogens with zero attached hydrogens (tertiary/aromatic N) is 10. The van der Waals surface area contributed by atoms with Crippen molar-refractivity contribution in [1.82, 2.24) is 53.6 Å². The van der Waals surface area contributed by atoms with E-state index < -0.39 is 141 Å². The van der Waals surface area contributed by atoms with E-state index in [4.69, 9.17) is 59.0 Å². The SMILES string of the molecule is COC1[C@@H](OP(=O)([O-])OC[C@H]2O[C@@H](n3cnc4c(=O)[nH]c(N)nc43)C(O)[C@H]2OC(C)C)[C@@H](COP(=O)([O-])OP(=O)([O-])OP(=O)([O-])OC[C@H]2O[C@@H]([n+]3cn(C)c4c(=O)[nH]c(N)nc43)C(O)[C@H]2SC)O[C@H]1n1cnc2c(N)ncnc21. The zero-order chi connectivity index (χ0) is 57.3. The zero-order valence-electron chi connectivity index (χ0n) is 41.3. The fourth-order valence-corrected chi connectivity index (χ4v) is 14.2. The highest BCUT2D eigenvalue weighted by Gasteiger charge is 2.52. The maximum absolute atomic E-state index is 13.8. The van der Waals surface area contributed by atoms with Crippen LogP contribution in [0.1, 0.15) is 32.5 Å². The lowest BCUT2D eigenvalue weighted by Gasteiger charge is -2.35. The molecule has 9 heterocycles. The van der Waals surface area contributed by atoms with Gasteiger partial charge in [0.1, 0.15) is 60.7 Å². The summed E-state index contributed by atoms with van der Waals surface area (Å²) in [6, 6.07) is 0. The van der Waals surface area contributed by atoms with Crippen molar-refractivity contribution in [3.8, 4) is 0 Å². The minimum atomic E-state index is -6.54. The Bertz CT molecular complexity index is 3570. The Balaban J connectivity index is 0.882. The molecular weight excluding hydrogens is 1170 g/mol. The number of thioether (sulfide) groups is 1. The van der Waals surface area contributed by atoms with E-state index in [1.54, 1.807) is 13.8 Å². The third-order valence-corrected chi connectivity index (χ3v) is 18.4. The quantitative estimate of drug-likeness (QED) is 0.0249. The standard InChI is InChI=1S/C36H51N15O23P4S/c1-13(2)68-22-14(69-32(20(22)52)50-11-43-18-28(50)44-35(38)46-30(18)54)6-65-75(56,57)72-23-15(70-34(24(23)64-4)49-10-42-17-26(37)40-9-41-27(17)49)7-66-76(58,59)73-78(62,63)74-77(60,61)67-8-16-25(79-5)21(53)33(71-16)51-12-48(3)19-29(51)45-36(39)47-31(19)55/h9-16,20-25,32-34,52-53H,6-8H2,1-5H3,(H11-,37,38,39,40,41,44,45,46,47,54,55,56,57,58,59,60,61,62,63)/p-3/t14-,15-,16-,20?,21?,22+,23+,24?,25+,32-,33-,34-/m1/s1. The van der Waals surface area contributed by atoms with E-state index in [-0.39, 0.29) is 51.2 Å². The van der Waals surface area contributed by atoms with Gasteiger partial charge in [-0.05, 0) is 20.1 Å². The highest BCUT2D eigenvalue weighted by atomic mass is 32.2. The van der Waals surface area contributed by atoms with E-state index >= 15 is 0 Å². The molecule has 0 aliphatic carbocycles. The number of nitrogens with two attached hydrogens (primary N) is 3. The summed E-state index contributed by atoms with van der Waals surface area (Å²) in [5, 5.41) is 21.6. The van der Waals surface area contributed by atoms with Gasteiger partial charge in [-0.1, -0.05) is 4.98 Å². The van der Waals surface area contributed by atoms with E-state index in [1.807, 2.05) is 0 Å². The van der Waals surface area contributed by atoms with Gasteiger partial charge in [0.05, 0.1) is 50.9 Å². The number of anilines is 3. The summed E-state index contributed by atoms with van der Waals surface area (Å²) in [6.45, 7) is -0.0717. The molecule has 0 aromatic carbocycles. The number of aromatic nitrogens is 12. The smallest absolute Gasteiger partial charge is 0.313 e. The second-order valence-corrected chi connectivity index (χ2v) is 24.6. The Hall–Kier alpha value is -4.76. The number of aliphatic hydroxyl groups excluding tert-OH is 2. The van der Waals surface area contributed by atoms with Gasteiger partial charge in [-0.3, -0.25) is 51.5 Å². The number of hydrogen-bond donors (Lipinski definition) is 7. The molecule has 0 spiro atoms. The number of phosphoric ester groups is 3. The minimum absolute atomic E-state index is 0.00677. The molecule has 7 unspecified atom stereocenters. The van der Waals surface area contributed by atoms with Crippen LogP contribution in [0, 0.1) is 0 Å². The van der Waals surface area contributed by atoms with Gasteiger partial charge in [-0.15, -0.1) is 0 Å². The van der Waals surface area contributed by atoms with Crippen LogP contribution < -0.4 is 52.5 Å². The molecule has 9 rings (SSSR count). The number of methoxy groups -OCH3 is 1. The molecule has 3 saturated heterocycles. The number of H-pyrrole nitrogens is 2. The molecule has 0 amide bonds. The van der Waals surface area contributed by atoms with Crippen molar-refractivity contribution in [2.75, 3.05) is 50.4 Å². The van der Waals surface area contributed by atoms with Crippen molar-refractivity contribution in [1.29, 1.82) is 0 Å². The van der Waals surface area contributed by atoms with E-state index in [0.717, 1.165) is 37.9 Å². The van der Waals surface area contributed by atoms with Gasteiger partial charge < -0.3 is 88.8 Å². The van der Waals surface area contributed by atoms with Crippen LogP contribution >= 0.6 is 43.1 Å². The van der Waals surface area contributed by atoms with Gasteiger partial charge in [-0.25, -0.2) is 33.1 Å². The summed E-state index contributed by atoms with van der Waals surface area (Å²) in [5.74, 6) is -0.653. The van der Waals surface area contributed by atoms with E-state index in [2.05, 4.69) is 48.5 Å². The molecule has 0 saturated carbocycles. The number of aryl methyl sites for hydroxylation is 1. The Morgan fingerprint density at radius 3 is 1.97 bits per heavy atom. The average Bonchev–Trinajstić information content (AvgIpc) is 4.40. The number of rotatable bonds is 22. The summed E-state index contributed by atoms with van der Waals surface area (Å²) < 4.78 is 115. The topological polar surface area (TPSA) is 542 Å². The first-order valence-corrected chi connectivity index (χ1v) is 30.0. The number of fused-ring (bicyclic) bond motifs is 3. The Morgan fingerprint density at radius 2 is 1.33 bits per heavy atom. The maximum Gasteiger partial charge on any atom is 0.313 e. The highest BCUT2D eigenvalue weighted by Crippen LogP contribution is 2.63. The van der Waals surface area contributed by atoms with E-state index in [0.29, 0.717) is 0 Å². The van der Waals surface area contributed by atoms with E-state index in [9.17, 15) is 57.6 Å². The molecule has 79 heavy (non-hydrogen) atoms. The van der Waals surface area contributed by atoms with Crippen LogP contribution in [0.3, 0.4) is 0 Å². The lowest BCUT2D eigenvalue weighted by molar-refractivity contribution is -0.745. The van der Waals surface area contributed by atoms with Crippen LogP contribution in [0.15, 0.2) is 34.9 Å². The summed E-state index contributed by atoms with van der Waals surface area (Å²) in [6.07, 6.45) is -11.2. The fraction of sp³-hybridized carbons (Fsp3) is 0.583. The third kappa shape index (κ3) is 12.2. The summed E-state index contributed by atoms with van der Waals surface area (Å²) in [5.41, 5.74) is 15.9. The fourth-order valence-electron chi connectivity index (χ4n) is 9.01. The number of aliphatic hydroxyl groups is 2. The number of ether oxygens (including phenoxy) is 5. The van der Waals surface area contributed by atoms with Crippen molar-refractivity contribution in [2.45, 2.75) is 92.7 Å². The van der Waals surface area contributed by atoms with Gasteiger partial charge in [0.25, 0.3) is 48.4 Å². The number of phosphoric acid groups is 4. The molecule has 0 radical (unpaired) electrons. The van der Waals surface area contributed by atoms with Crippen molar-refractivity contribution in [3.63, 3.8) is 0 Å². The van der Waals surface area contributed by atoms with Crippen LogP contribution in [-0.2, 0) is 75.7 Å². The molecule has 38 nitrogen and oxygen atoms in total. The van der Waals surface area contributed by atoms with Gasteiger partial charge in [0.2, 0.25) is 17.7 Å². The number of aromatic amines is 2. The highest BCUT2D eigenvalue weighted by molar-refractivity contribution is 7.99. The first-order chi connectivity index (χ1) is 37.1. The Kier molecular flexibility index (Phi) is 16.8. The average molecular weight is 1210 g/mol. The molecular formula is C36H48N15O23P4S-3. The van der Waals surface area contributed by atoms with Crippen LogP contribution in [0.2, 0.25) is 0 Å². The molecule has 10 N–H and O–H groups in total. The molecule has 0 bridgehead atoms. The Labute approximate surface area is 445 Å². The predicted octanol–water partition coefficient (Wildman–Crippen LogP) is -4.44. The summed E-state index contributed by atoms with van der Waals surface area (Å²) in [4.78, 5) is 107. The van der Waals surface area contributed by atoms with Crippen molar-refractivity contribution >= 4 is 94.3 Å². The zero-order valence-corrected chi connectivity index (χ0v) is 45.7. The predicted molar refractivity (Wildman–Crippen MR) is 255 cm³/mol. The molecule has 16 atom stereocenters. The second kappa shape index (κ2) is 22.5. The summed E-state index contributed by atoms with van der Waals surface area (Å²) >= 11 is 0.995. The number of hydrogen-bond acceptors (Lipinski definition) is 33. The monoisotopic (exact) mass is 1210 g/mol. The lowest BCUT2D eigenvalue weighted by Crippen LogP contribution is -2.45. The molecule has 3 fully saturated rings. The van der Waals surface area contributed by atoms with Gasteiger partial charge in [-0.2, -0.15) is 16.7 Å². The lowest BCUT2D eigenvalue weighted by atomic mass is 10.1. The summed E-state index contributed by atoms with van der Waals surface area (Å²) in [7, 11) is -22.0. The first-order valence-electron chi connectivity index (χ1n) is 22.8. The van der Waals surface area contributed by atoms with Gasteiger partial charge in [0, 0.05) is 7.11 Å².